The van der Waals surface area contributed by atoms with E-state index in [2.05, 4.69) is 15.5 Å². The zero-order valence-corrected chi connectivity index (χ0v) is 15.6. The Kier molecular flexibility index (Phi) is 4.87. The first-order chi connectivity index (χ1) is 13.5. The Morgan fingerprint density at radius 2 is 2.04 bits per heavy atom. The van der Waals surface area contributed by atoms with Gasteiger partial charge in [0.1, 0.15) is 6.04 Å². The first kappa shape index (κ1) is 18.2. The third-order valence-corrected chi connectivity index (χ3v) is 5.34. The van der Waals surface area contributed by atoms with E-state index in [1.807, 2.05) is 0 Å². The van der Waals surface area contributed by atoms with Crippen molar-refractivity contribution in [3.8, 4) is 0 Å². The van der Waals surface area contributed by atoms with Crippen molar-refractivity contribution in [3.05, 3.63) is 53.5 Å². The van der Waals surface area contributed by atoms with Crippen molar-refractivity contribution in [2.75, 3.05) is 38.0 Å². The van der Waals surface area contributed by atoms with Crippen molar-refractivity contribution < 1.29 is 18.8 Å². The molecule has 8 heteroatoms. The summed E-state index contributed by atoms with van der Waals surface area (Å²) in [6.07, 6.45) is 1.43. The Morgan fingerprint density at radius 3 is 2.82 bits per heavy atom. The predicted octanol–water partition coefficient (Wildman–Crippen LogP) is 1.10. The molecular weight excluding hydrogens is 360 g/mol. The molecule has 0 spiro atoms. The molecule has 4 rings (SSSR count). The Morgan fingerprint density at radius 1 is 1.18 bits per heavy atom. The molecule has 8 nitrogen and oxygen atoms in total. The maximum atomic E-state index is 13.1. The molecule has 1 atom stereocenters. The number of rotatable bonds is 3. The molecule has 2 aliphatic heterocycles. The number of hydrogen-bond acceptors (Lipinski definition) is 5. The average molecular weight is 382 g/mol. The highest BCUT2D eigenvalue weighted by Gasteiger charge is 2.36. The van der Waals surface area contributed by atoms with E-state index in [1.165, 1.54) is 6.26 Å². The number of hydrogen-bond donors (Lipinski definition) is 2. The van der Waals surface area contributed by atoms with E-state index in [0.29, 0.717) is 43.0 Å². The summed E-state index contributed by atoms with van der Waals surface area (Å²) in [5, 5.41) is 5.65. The molecule has 28 heavy (non-hydrogen) atoms. The minimum atomic E-state index is -0.370. The lowest BCUT2D eigenvalue weighted by molar-refractivity contribution is -0.131. The van der Waals surface area contributed by atoms with Gasteiger partial charge in [0.25, 0.3) is 11.8 Å². The van der Waals surface area contributed by atoms with Crippen LogP contribution >= 0.6 is 0 Å². The molecule has 3 amide bonds. The maximum absolute atomic E-state index is 13.1. The summed E-state index contributed by atoms with van der Waals surface area (Å²) in [5.74, 6) is -0.328. The third kappa shape index (κ3) is 3.38. The number of carbonyl (C=O) groups excluding carboxylic acids is 3. The first-order valence-corrected chi connectivity index (χ1v) is 9.30. The van der Waals surface area contributed by atoms with Crippen LogP contribution in [0.5, 0.6) is 0 Å². The molecule has 1 aromatic heterocycles. The van der Waals surface area contributed by atoms with Crippen LogP contribution in [0.15, 0.2) is 41.0 Å². The van der Waals surface area contributed by atoms with Crippen molar-refractivity contribution in [2.24, 2.45) is 0 Å². The third-order valence-electron chi connectivity index (χ3n) is 5.34. The van der Waals surface area contributed by atoms with Crippen LogP contribution in [0.25, 0.3) is 0 Å². The van der Waals surface area contributed by atoms with Gasteiger partial charge in [-0.3, -0.25) is 19.3 Å². The highest BCUT2D eigenvalue weighted by atomic mass is 16.3. The van der Waals surface area contributed by atoms with Crippen LogP contribution in [0.4, 0.5) is 5.69 Å². The van der Waals surface area contributed by atoms with Crippen LogP contribution in [-0.2, 0) is 4.79 Å². The molecule has 1 aromatic carbocycles. The fourth-order valence-electron chi connectivity index (χ4n) is 3.73. The van der Waals surface area contributed by atoms with Gasteiger partial charge in [0, 0.05) is 44.0 Å². The molecule has 0 unspecified atom stereocenters. The SMILES string of the molecule is Cc1c(NC(=O)c2ccco2)cccc1C(=O)N1CCN2CCNC(=O)[C@H]2C1. The molecule has 0 saturated carbocycles. The molecule has 3 heterocycles. The van der Waals surface area contributed by atoms with Crippen molar-refractivity contribution in [2.45, 2.75) is 13.0 Å². The molecular formula is C20H22N4O4. The number of carbonyl (C=O) groups is 3. The Hall–Kier alpha value is -3.13. The van der Waals surface area contributed by atoms with Gasteiger partial charge in [-0.2, -0.15) is 0 Å². The van der Waals surface area contributed by atoms with Crippen LogP contribution in [0, 0.1) is 6.92 Å². The Bertz CT molecular complexity index is 909. The second-order valence-corrected chi connectivity index (χ2v) is 7.00. The molecule has 2 N–H and O–H groups in total. The monoisotopic (exact) mass is 382 g/mol. The Labute approximate surface area is 162 Å². The van der Waals surface area contributed by atoms with Gasteiger partial charge in [-0.05, 0) is 36.8 Å². The topological polar surface area (TPSA) is 94.9 Å². The number of nitrogens with one attached hydrogen (secondary N) is 2. The molecule has 2 saturated heterocycles. The summed E-state index contributed by atoms with van der Waals surface area (Å²) in [4.78, 5) is 41.3. The minimum absolute atomic E-state index is 0.0278. The van der Waals surface area contributed by atoms with Crippen LogP contribution < -0.4 is 10.6 Å². The van der Waals surface area contributed by atoms with Crippen molar-refractivity contribution >= 4 is 23.4 Å². The zero-order valence-electron chi connectivity index (χ0n) is 15.6. The van der Waals surface area contributed by atoms with Gasteiger partial charge in [0.05, 0.1) is 6.26 Å². The van der Waals surface area contributed by atoms with Crippen molar-refractivity contribution in [1.29, 1.82) is 0 Å². The first-order valence-electron chi connectivity index (χ1n) is 9.30. The van der Waals surface area contributed by atoms with Gasteiger partial charge in [0.2, 0.25) is 5.91 Å². The van der Waals surface area contributed by atoms with E-state index in [-0.39, 0.29) is 29.5 Å². The molecule has 2 fully saturated rings. The number of amides is 3. The fraction of sp³-hybridized carbons (Fsp3) is 0.350. The smallest absolute Gasteiger partial charge is 0.291 e. The number of nitrogens with zero attached hydrogens (tertiary/aromatic N) is 2. The summed E-state index contributed by atoms with van der Waals surface area (Å²) < 4.78 is 5.11. The van der Waals surface area contributed by atoms with Gasteiger partial charge >= 0.3 is 0 Å². The lowest BCUT2D eigenvalue weighted by atomic mass is 10.0. The standard InChI is InChI=1S/C20H22N4O4/c1-13-14(4-2-5-15(13)22-19(26)17-6-3-11-28-17)20(27)24-10-9-23-8-7-21-18(25)16(23)12-24/h2-6,11,16H,7-10,12H2,1H3,(H,21,25)(H,22,26)/t16-/m1/s1. The molecule has 0 aliphatic carbocycles. The number of fused-ring (bicyclic) bond motifs is 1. The second-order valence-electron chi connectivity index (χ2n) is 7.00. The maximum Gasteiger partial charge on any atom is 0.291 e. The largest absolute Gasteiger partial charge is 0.459 e. The van der Waals surface area contributed by atoms with Gasteiger partial charge in [-0.1, -0.05) is 6.07 Å². The van der Waals surface area contributed by atoms with E-state index in [9.17, 15) is 14.4 Å². The number of furan rings is 1. The minimum Gasteiger partial charge on any atom is -0.459 e. The molecule has 2 aliphatic rings. The fourth-order valence-corrected chi connectivity index (χ4v) is 3.73. The van der Waals surface area contributed by atoms with E-state index in [1.54, 1.807) is 42.2 Å². The van der Waals surface area contributed by atoms with E-state index in [4.69, 9.17) is 4.42 Å². The molecule has 0 radical (unpaired) electrons. The van der Waals surface area contributed by atoms with Gasteiger partial charge in [-0.25, -0.2) is 0 Å². The molecule has 146 valence electrons. The quantitative estimate of drug-likeness (QED) is 0.829. The number of piperazine rings is 2. The van der Waals surface area contributed by atoms with E-state index < -0.39 is 0 Å². The number of anilines is 1. The lowest BCUT2D eigenvalue weighted by Gasteiger charge is -2.43. The van der Waals surface area contributed by atoms with Gasteiger partial charge < -0.3 is 20.0 Å². The molecule has 0 bridgehead atoms. The van der Waals surface area contributed by atoms with Crippen LogP contribution in [0.3, 0.4) is 0 Å². The summed E-state index contributed by atoms with van der Waals surface area (Å²) in [5.41, 5.74) is 1.76. The summed E-state index contributed by atoms with van der Waals surface area (Å²) in [6, 6.07) is 8.15. The summed E-state index contributed by atoms with van der Waals surface area (Å²) >= 11 is 0. The summed E-state index contributed by atoms with van der Waals surface area (Å²) in [6.45, 7) is 4.88. The van der Waals surface area contributed by atoms with Crippen LogP contribution in [0.1, 0.15) is 26.5 Å². The normalized spacial score (nSPS) is 19.7. The van der Waals surface area contributed by atoms with E-state index in [0.717, 1.165) is 6.54 Å². The lowest BCUT2D eigenvalue weighted by Crippen LogP contribution is -2.64. The number of benzene rings is 1. The second kappa shape index (κ2) is 7.47. The highest BCUT2D eigenvalue weighted by Crippen LogP contribution is 2.23. The van der Waals surface area contributed by atoms with Crippen LogP contribution in [0.2, 0.25) is 0 Å². The summed E-state index contributed by atoms with van der Waals surface area (Å²) in [7, 11) is 0. The van der Waals surface area contributed by atoms with E-state index >= 15 is 0 Å². The Balaban J connectivity index is 1.51. The van der Waals surface area contributed by atoms with Crippen molar-refractivity contribution in [3.63, 3.8) is 0 Å². The van der Waals surface area contributed by atoms with Crippen molar-refractivity contribution in [1.82, 2.24) is 15.1 Å². The van der Waals surface area contributed by atoms with Crippen LogP contribution in [-0.4, -0.2) is 66.3 Å². The average Bonchev–Trinajstić information content (AvgIpc) is 3.24. The zero-order chi connectivity index (χ0) is 19.7. The highest BCUT2D eigenvalue weighted by molar-refractivity contribution is 6.04. The van der Waals surface area contributed by atoms with Gasteiger partial charge in [0.15, 0.2) is 5.76 Å². The molecule has 2 aromatic rings. The van der Waals surface area contributed by atoms with Gasteiger partial charge in [-0.15, -0.1) is 0 Å². The predicted molar refractivity (Wildman–Crippen MR) is 102 cm³/mol.